The molecular weight excluding hydrogens is 251 g/mol. The summed E-state index contributed by atoms with van der Waals surface area (Å²) in [5.41, 5.74) is 1.58. The van der Waals surface area contributed by atoms with E-state index in [0.717, 1.165) is 20.9 Å². The summed E-state index contributed by atoms with van der Waals surface area (Å²) in [5.74, 6) is 2.56. The lowest BCUT2D eigenvalue weighted by Crippen LogP contribution is -1.78. The van der Waals surface area contributed by atoms with Crippen molar-refractivity contribution >= 4 is 38.4 Å². The van der Waals surface area contributed by atoms with E-state index in [-0.39, 0.29) is 0 Å². The number of nitrogens with one attached hydrogen (secondary N) is 1. The highest BCUT2D eigenvalue weighted by Gasteiger charge is 2.09. The van der Waals surface area contributed by atoms with Gasteiger partial charge in [0.15, 0.2) is 0 Å². The molecule has 0 unspecified atom stereocenters. The van der Waals surface area contributed by atoms with Crippen LogP contribution in [-0.2, 0) is 0 Å². The fourth-order valence-electron chi connectivity index (χ4n) is 1.14. The van der Waals surface area contributed by atoms with Crippen LogP contribution in [0.1, 0.15) is 5.56 Å². The van der Waals surface area contributed by atoms with Crippen molar-refractivity contribution < 1.29 is 0 Å². The number of halogens is 2. The van der Waals surface area contributed by atoms with E-state index in [2.05, 4.69) is 32.0 Å². The van der Waals surface area contributed by atoms with Gasteiger partial charge in [0.25, 0.3) is 0 Å². The second-order valence-electron chi connectivity index (χ2n) is 2.50. The predicted molar refractivity (Wildman–Crippen MR) is 56.7 cm³/mol. The first kappa shape index (κ1) is 8.61. The summed E-state index contributed by atoms with van der Waals surface area (Å²) in [6.45, 7) is 0. The van der Waals surface area contributed by atoms with Gasteiger partial charge in [-0.05, 0) is 28.1 Å². The van der Waals surface area contributed by atoms with Crippen LogP contribution in [0.25, 0.3) is 10.9 Å². The van der Waals surface area contributed by atoms with Crippen molar-refractivity contribution in [3.63, 3.8) is 0 Å². The third-order valence-electron chi connectivity index (χ3n) is 1.77. The average Bonchev–Trinajstić information content (AvgIpc) is 2.49. The minimum Gasteiger partial charge on any atom is -0.266 e. The number of nitrogens with zero attached hydrogens (tertiary/aromatic N) is 1. The Labute approximate surface area is 88.4 Å². The summed E-state index contributed by atoms with van der Waals surface area (Å²) in [5, 5.41) is 8.01. The number of rotatable bonds is 0. The summed E-state index contributed by atoms with van der Waals surface area (Å²) in [6, 6.07) is 3.65. The number of aromatic nitrogens is 2. The Morgan fingerprint density at radius 2 is 2.31 bits per heavy atom. The molecule has 0 fully saturated rings. The molecule has 0 saturated carbocycles. The van der Waals surface area contributed by atoms with E-state index in [4.69, 9.17) is 18.0 Å². The summed E-state index contributed by atoms with van der Waals surface area (Å²) in [4.78, 5) is 0. The standard InChI is InChI=1S/C9H4BrClN2/c1-2-5-3-4-6-7(8(5)10)9(11)13-12-6/h1,3-4H,(H,12,13). The van der Waals surface area contributed by atoms with Gasteiger partial charge in [-0.15, -0.1) is 6.42 Å². The Kier molecular flexibility index (Phi) is 2.03. The summed E-state index contributed by atoms with van der Waals surface area (Å²) in [7, 11) is 0. The highest BCUT2D eigenvalue weighted by Crippen LogP contribution is 2.30. The van der Waals surface area contributed by atoms with E-state index in [1.54, 1.807) is 0 Å². The Balaban J connectivity index is 2.93. The van der Waals surface area contributed by atoms with Crippen LogP contribution in [0.15, 0.2) is 16.6 Å². The second-order valence-corrected chi connectivity index (χ2v) is 3.67. The lowest BCUT2D eigenvalue weighted by Gasteiger charge is -1.96. The predicted octanol–water partition coefficient (Wildman–Crippen LogP) is 2.96. The first-order valence-electron chi connectivity index (χ1n) is 3.52. The lowest BCUT2D eigenvalue weighted by molar-refractivity contribution is 1.12. The van der Waals surface area contributed by atoms with Crippen molar-refractivity contribution in [3.8, 4) is 12.3 Å². The number of benzene rings is 1. The second kappa shape index (κ2) is 3.06. The lowest BCUT2D eigenvalue weighted by atomic mass is 10.2. The molecule has 13 heavy (non-hydrogen) atoms. The Bertz CT molecular complexity index is 510. The van der Waals surface area contributed by atoms with Crippen LogP contribution in [0.4, 0.5) is 0 Å². The molecule has 0 atom stereocenters. The number of terminal acetylenes is 1. The van der Waals surface area contributed by atoms with Crippen LogP contribution in [0.5, 0.6) is 0 Å². The van der Waals surface area contributed by atoms with E-state index in [1.807, 2.05) is 12.1 Å². The fraction of sp³-hybridized carbons (Fsp3) is 0. The van der Waals surface area contributed by atoms with E-state index in [9.17, 15) is 0 Å². The summed E-state index contributed by atoms with van der Waals surface area (Å²) < 4.78 is 0.811. The zero-order valence-corrected chi connectivity index (χ0v) is 8.78. The topological polar surface area (TPSA) is 28.7 Å². The Hall–Kier alpha value is -0.980. The van der Waals surface area contributed by atoms with Crippen LogP contribution in [0, 0.1) is 12.3 Å². The molecule has 1 aromatic heterocycles. The average molecular weight is 256 g/mol. The molecule has 0 saturated heterocycles. The van der Waals surface area contributed by atoms with Crippen LogP contribution in [-0.4, -0.2) is 10.2 Å². The number of aromatic amines is 1. The van der Waals surface area contributed by atoms with Gasteiger partial charge in [0.05, 0.1) is 10.9 Å². The highest BCUT2D eigenvalue weighted by molar-refractivity contribution is 9.10. The smallest absolute Gasteiger partial charge is 0.133 e. The van der Waals surface area contributed by atoms with Crippen molar-refractivity contribution in [2.24, 2.45) is 0 Å². The van der Waals surface area contributed by atoms with Gasteiger partial charge in [-0.3, -0.25) is 5.10 Å². The number of hydrogen-bond donors (Lipinski definition) is 1. The van der Waals surface area contributed by atoms with Crippen LogP contribution >= 0.6 is 27.5 Å². The highest BCUT2D eigenvalue weighted by atomic mass is 79.9. The van der Waals surface area contributed by atoms with Gasteiger partial charge < -0.3 is 0 Å². The van der Waals surface area contributed by atoms with Gasteiger partial charge >= 0.3 is 0 Å². The van der Waals surface area contributed by atoms with Crippen molar-refractivity contribution in [1.82, 2.24) is 10.2 Å². The number of H-pyrrole nitrogens is 1. The fourth-order valence-corrected chi connectivity index (χ4v) is 2.14. The molecule has 1 aromatic carbocycles. The number of fused-ring (bicyclic) bond motifs is 1. The minimum atomic E-state index is 0.499. The summed E-state index contributed by atoms with van der Waals surface area (Å²) >= 11 is 9.28. The molecule has 0 amide bonds. The molecule has 1 heterocycles. The molecule has 4 heteroatoms. The molecule has 2 rings (SSSR count). The van der Waals surface area contributed by atoms with Gasteiger partial charge in [-0.1, -0.05) is 17.5 Å². The molecule has 2 aromatic rings. The van der Waals surface area contributed by atoms with Crippen molar-refractivity contribution in [1.29, 1.82) is 0 Å². The van der Waals surface area contributed by atoms with E-state index >= 15 is 0 Å². The summed E-state index contributed by atoms with van der Waals surface area (Å²) in [6.07, 6.45) is 5.31. The zero-order chi connectivity index (χ0) is 9.42. The molecule has 0 radical (unpaired) electrons. The molecule has 0 bridgehead atoms. The SMILES string of the molecule is C#Cc1ccc2n[nH]c(Cl)c2c1Br. The third-order valence-corrected chi connectivity index (χ3v) is 2.87. The van der Waals surface area contributed by atoms with Gasteiger partial charge in [-0.25, -0.2) is 0 Å². The first-order valence-corrected chi connectivity index (χ1v) is 4.70. The molecule has 2 nitrogen and oxygen atoms in total. The largest absolute Gasteiger partial charge is 0.266 e. The van der Waals surface area contributed by atoms with Gasteiger partial charge in [0.2, 0.25) is 0 Å². The van der Waals surface area contributed by atoms with Crippen LogP contribution in [0.2, 0.25) is 5.15 Å². The quantitative estimate of drug-likeness (QED) is 0.720. The monoisotopic (exact) mass is 254 g/mol. The molecule has 1 N–H and O–H groups in total. The molecular formula is C9H4BrClN2. The maximum Gasteiger partial charge on any atom is 0.133 e. The van der Waals surface area contributed by atoms with Crippen LogP contribution < -0.4 is 0 Å². The molecule has 0 aliphatic carbocycles. The maximum absolute atomic E-state index is 5.89. The van der Waals surface area contributed by atoms with Crippen molar-refractivity contribution in [2.45, 2.75) is 0 Å². The minimum absolute atomic E-state index is 0.499. The molecule has 0 aliphatic heterocycles. The van der Waals surface area contributed by atoms with Gasteiger partial charge in [0.1, 0.15) is 5.15 Å². The zero-order valence-electron chi connectivity index (χ0n) is 6.44. The van der Waals surface area contributed by atoms with Crippen LogP contribution in [0.3, 0.4) is 0 Å². The molecule has 0 aliphatic rings. The maximum atomic E-state index is 5.89. The number of hydrogen-bond acceptors (Lipinski definition) is 1. The Morgan fingerprint density at radius 3 is 3.00 bits per heavy atom. The third kappa shape index (κ3) is 1.23. The van der Waals surface area contributed by atoms with E-state index in [1.165, 1.54) is 0 Å². The molecule has 0 spiro atoms. The van der Waals surface area contributed by atoms with E-state index in [0.29, 0.717) is 5.15 Å². The van der Waals surface area contributed by atoms with Crippen molar-refractivity contribution in [2.75, 3.05) is 0 Å². The van der Waals surface area contributed by atoms with Gasteiger partial charge in [-0.2, -0.15) is 5.10 Å². The van der Waals surface area contributed by atoms with E-state index < -0.39 is 0 Å². The Morgan fingerprint density at radius 1 is 1.54 bits per heavy atom. The first-order chi connectivity index (χ1) is 6.24. The molecule has 64 valence electrons. The van der Waals surface area contributed by atoms with Crippen molar-refractivity contribution in [3.05, 3.63) is 27.3 Å². The normalized spacial score (nSPS) is 10.2. The van der Waals surface area contributed by atoms with Gasteiger partial charge in [0, 0.05) is 10.0 Å².